The average molecular weight is 292 g/mol. The Kier molecular flexibility index (Phi) is 5.44. The maximum Gasteiger partial charge on any atom is 0.170 e. The molecule has 2 heterocycles. The van der Waals surface area contributed by atoms with Gasteiger partial charge >= 0.3 is 0 Å². The molecule has 8 heteroatoms. The van der Waals surface area contributed by atoms with Gasteiger partial charge in [0.2, 0.25) is 0 Å². The minimum Gasteiger partial charge on any atom is -0.394 e. The fraction of sp³-hybridized carbons (Fsp3) is 0.917. The summed E-state index contributed by atoms with van der Waals surface area (Å²) in [6, 6.07) is 0. The van der Waals surface area contributed by atoms with E-state index >= 15 is 0 Å². The van der Waals surface area contributed by atoms with Crippen LogP contribution in [0.2, 0.25) is 0 Å². The molecule has 4 N–H and O–H groups in total. The van der Waals surface area contributed by atoms with Crippen LogP contribution in [0.4, 0.5) is 0 Å². The lowest BCUT2D eigenvalue weighted by Gasteiger charge is -2.41. The highest BCUT2D eigenvalue weighted by molar-refractivity contribution is 5.55. The van der Waals surface area contributed by atoms with Crippen molar-refractivity contribution < 1.29 is 39.4 Å². The maximum atomic E-state index is 11.1. The molecule has 7 atom stereocenters. The number of hydrogen-bond acceptors (Lipinski definition) is 8. The molecule has 0 amide bonds. The van der Waals surface area contributed by atoms with Crippen LogP contribution in [0.3, 0.4) is 0 Å². The Balaban J connectivity index is 2.01. The van der Waals surface area contributed by atoms with E-state index in [0.29, 0.717) is 12.7 Å². The van der Waals surface area contributed by atoms with Crippen LogP contribution in [0.5, 0.6) is 0 Å². The van der Waals surface area contributed by atoms with Crippen LogP contribution in [-0.2, 0) is 19.0 Å². The summed E-state index contributed by atoms with van der Waals surface area (Å²) in [5.41, 5.74) is 0. The van der Waals surface area contributed by atoms with Crippen molar-refractivity contribution in [3.05, 3.63) is 0 Å². The third-order valence-corrected chi connectivity index (χ3v) is 3.56. The van der Waals surface area contributed by atoms with Crippen LogP contribution in [0, 0.1) is 5.92 Å². The van der Waals surface area contributed by atoms with Crippen LogP contribution >= 0.6 is 0 Å². The molecule has 8 nitrogen and oxygen atoms in total. The summed E-state index contributed by atoms with van der Waals surface area (Å²) in [5.74, 6) is -1.06. The zero-order valence-electron chi connectivity index (χ0n) is 10.9. The van der Waals surface area contributed by atoms with E-state index in [1.807, 2.05) is 0 Å². The quantitative estimate of drug-likeness (QED) is 0.416. The summed E-state index contributed by atoms with van der Waals surface area (Å²) in [4.78, 5) is 11.1. The fourth-order valence-corrected chi connectivity index (χ4v) is 2.43. The molecule has 3 unspecified atom stereocenters. The molecule has 2 fully saturated rings. The van der Waals surface area contributed by atoms with Crippen molar-refractivity contribution in [2.45, 2.75) is 43.2 Å². The van der Waals surface area contributed by atoms with Gasteiger partial charge in [-0.3, -0.25) is 0 Å². The van der Waals surface area contributed by atoms with Crippen molar-refractivity contribution in [1.82, 2.24) is 0 Å². The Hall–Kier alpha value is -0.610. The van der Waals surface area contributed by atoms with Gasteiger partial charge in [-0.05, 0) is 0 Å². The normalized spacial score (nSPS) is 46.1. The summed E-state index contributed by atoms with van der Waals surface area (Å²) in [7, 11) is 0. The lowest BCUT2D eigenvalue weighted by molar-refractivity contribution is -0.297. The van der Waals surface area contributed by atoms with Gasteiger partial charge in [-0.2, -0.15) is 0 Å². The van der Waals surface area contributed by atoms with Crippen molar-refractivity contribution in [3.8, 4) is 0 Å². The first-order valence-electron chi connectivity index (χ1n) is 6.55. The molecular weight excluding hydrogens is 272 g/mol. The van der Waals surface area contributed by atoms with Gasteiger partial charge in [0.05, 0.1) is 44.1 Å². The first-order valence-corrected chi connectivity index (χ1v) is 6.55. The SMILES string of the molecule is O=C[C@@H]1C(O[C@H]2COC[C@@H](O)C2)O[C@@H](CO)C(O)C1O. The Morgan fingerprint density at radius 1 is 1.20 bits per heavy atom. The van der Waals surface area contributed by atoms with Crippen molar-refractivity contribution in [1.29, 1.82) is 0 Å². The van der Waals surface area contributed by atoms with E-state index in [4.69, 9.17) is 19.3 Å². The van der Waals surface area contributed by atoms with E-state index in [2.05, 4.69) is 0 Å². The second kappa shape index (κ2) is 6.90. The van der Waals surface area contributed by atoms with Gasteiger partial charge in [-0.15, -0.1) is 0 Å². The number of aldehydes is 1. The van der Waals surface area contributed by atoms with Gasteiger partial charge in [0.1, 0.15) is 18.5 Å². The molecule has 2 saturated heterocycles. The average Bonchev–Trinajstić information content (AvgIpc) is 2.43. The van der Waals surface area contributed by atoms with Crippen LogP contribution in [0.1, 0.15) is 6.42 Å². The molecule has 0 aromatic heterocycles. The van der Waals surface area contributed by atoms with Crippen molar-refractivity contribution in [3.63, 3.8) is 0 Å². The highest BCUT2D eigenvalue weighted by Gasteiger charge is 2.45. The number of rotatable bonds is 4. The number of aliphatic hydroxyl groups excluding tert-OH is 4. The zero-order chi connectivity index (χ0) is 14.7. The van der Waals surface area contributed by atoms with E-state index in [-0.39, 0.29) is 13.2 Å². The van der Waals surface area contributed by atoms with Crippen LogP contribution < -0.4 is 0 Å². The molecule has 2 aliphatic rings. The molecule has 0 aliphatic carbocycles. The van der Waals surface area contributed by atoms with Crippen molar-refractivity contribution in [2.24, 2.45) is 5.92 Å². The predicted molar refractivity (Wildman–Crippen MR) is 63.6 cm³/mol. The molecular formula is C12H20O8. The predicted octanol–water partition coefficient (Wildman–Crippen LogP) is -2.59. The smallest absolute Gasteiger partial charge is 0.170 e. The monoisotopic (exact) mass is 292 g/mol. The van der Waals surface area contributed by atoms with Gasteiger partial charge in [0.25, 0.3) is 0 Å². The van der Waals surface area contributed by atoms with Gasteiger partial charge in [0.15, 0.2) is 6.29 Å². The first kappa shape index (κ1) is 15.8. The number of carbonyl (C=O) groups is 1. The fourth-order valence-electron chi connectivity index (χ4n) is 2.43. The molecule has 2 aliphatic heterocycles. The Morgan fingerprint density at radius 3 is 2.55 bits per heavy atom. The third kappa shape index (κ3) is 3.34. The summed E-state index contributed by atoms with van der Waals surface area (Å²) < 4.78 is 16.0. The van der Waals surface area contributed by atoms with E-state index < -0.39 is 49.3 Å². The van der Waals surface area contributed by atoms with Gasteiger partial charge < -0.3 is 39.4 Å². The van der Waals surface area contributed by atoms with Crippen molar-refractivity contribution >= 4 is 6.29 Å². The van der Waals surface area contributed by atoms with E-state index in [9.17, 15) is 20.1 Å². The Bertz CT molecular complexity index is 325. The molecule has 20 heavy (non-hydrogen) atoms. The highest BCUT2D eigenvalue weighted by atomic mass is 16.7. The van der Waals surface area contributed by atoms with Gasteiger partial charge in [-0.25, -0.2) is 0 Å². The van der Waals surface area contributed by atoms with E-state index in [0.717, 1.165) is 0 Å². The Labute approximate surface area is 115 Å². The third-order valence-electron chi connectivity index (χ3n) is 3.56. The minimum atomic E-state index is -1.38. The second-order valence-corrected chi connectivity index (χ2v) is 5.11. The zero-order valence-corrected chi connectivity index (χ0v) is 10.9. The minimum absolute atomic E-state index is 0.225. The number of aliphatic hydroxyl groups is 4. The van der Waals surface area contributed by atoms with E-state index in [1.54, 1.807) is 0 Å². The standard InChI is InChI=1S/C12H20O8/c13-2-8-10(16)11(17)9(3-14)20-12(8)19-7-1-6(15)4-18-5-7/h2,6-12,14-17H,1,3-5H2/t6-,7+,8-,9-,10?,11?,12?/m0/s1. The number of carbonyl (C=O) groups excluding carboxylic acids is 1. The van der Waals surface area contributed by atoms with Crippen LogP contribution in [-0.4, -0.2) is 83.3 Å². The molecule has 0 aromatic carbocycles. The topological polar surface area (TPSA) is 126 Å². The summed E-state index contributed by atoms with van der Waals surface area (Å²) in [6.45, 7) is -0.0402. The summed E-state index contributed by atoms with van der Waals surface area (Å²) in [6.07, 6.45) is -5.21. The molecule has 0 radical (unpaired) electrons. The lowest BCUT2D eigenvalue weighted by Crippen LogP contribution is -2.57. The largest absolute Gasteiger partial charge is 0.394 e. The van der Waals surface area contributed by atoms with Crippen LogP contribution in [0.25, 0.3) is 0 Å². The van der Waals surface area contributed by atoms with Crippen molar-refractivity contribution in [2.75, 3.05) is 19.8 Å². The molecule has 116 valence electrons. The molecule has 0 bridgehead atoms. The second-order valence-electron chi connectivity index (χ2n) is 5.11. The van der Waals surface area contributed by atoms with Crippen LogP contribution in [0.15, 0.2) is 0 Å². The summed E-state index contributed by atoms with van der Waals surface area (Å²) >= 11 is 0. The van der Waals surface area contributed by atoms with E-state index in [1.165, 1.54) is 0 Å². The van der Waals surface area contributed by atoms with Gasteiger partial charge in [-0.1, -0.05) is 0 Å². The first-order chi connectivity index (χ1) is 9.56. The van der Waals surface area contributed by atoms with Gasteiger partial charge in [0, 0.05) is 6.42 Å². The Morgan fingerprint density at radius 2 is 1.95 bits per heavy atom. The number of ether oxygens (including phenoxy) is 3. The number of hydrogen-bond donors (Lipinski definition) is 4. The lowest BCUT2D eigenvalue weighted by atomic mass is 9.92. The molecule has 0 saturated carbocycles. The molecule has 0 spiro atoms. The summed E-state index contributed by atoms with van der Waals surface area (Å²) in [5, 5.41) is 38.1. The maximum absolute atomic E-state index is 11.1. The highest BCUT2D eigenvalue weighted by Crippen LogP contribution is 2.28. The molecule has 2 rings (SSSR count). The molecule has 0 aromatic rings.